The van der Waals surface area contributed by atoms with E-state index in [2.05, 4.69) is 5.32 Å². The molecule has 1 aromatic heterocycles. The molecular weight excluding hydrogens is 316 g/mol. The highest BCUT2D eigenvalue weighted by atomic mass is 16.3. The molecule has 25 heavy (non-hydrogen) atoms. The molecule has 0 saturated heterocycles. The Morgan fingerprint density at radius 1 is 1.12 bits per heavy atom. The molecule has 1 aromatic carbocycles. The largest absolute Gasteiger partial charge is 0.464 e. The molecule has 1 heterocycles. The molecule has 2 unspecified atom stereocenters. The Kier molecular flexibility index (Phi) is 2.92. The van der Waals surface area contributed by atoms with Crippen LogP contribution in [0.25, 0.3) is 11.0 Å². The van der Waals surface area contributed by atoms with Crippen molar-refractivity contribution < 1.29 is 14.0 Å². The molecule has 2 aromatic rings. The summed E-state index contributed by atoms with van der Waals surface area (Å²) in [5.74, 6) is 0.764. The van der Waals surface area contributed by atoms with Crippen molar-refractivity contribution in [1.29, 1.82) is 0 Å². The number of nitrogens with two attached hydrogens (primary N) is 1. The molecule has 4 saturated carbocycles. The number of nitrogens with one attached hydrogen (secondary N) is 1. The number of hydrogen-bond donors (Lipinski definition) is 2. The lowest BCUT2D eigenvalue weighted by Gasteiger charge is -2.61. The van der Waals surface area contributed by atoms with Crippen LogP contribution in [0.3, 0.4) is 0 Å². The van der Waals surface area contributed by atoms with E-state index in [1.807, 2.05) is 18.2 Å². The molecule has 4 aliphatic rings. The molecule has 5 nitrogen and oxygen atoms in total. The van der Waals surface area contributed by atoms with E-state index in [4.69, 9.17) is 10.2 Å². The van der Waals surface area contributed by atoms with Crippen molar-refractivity contribution in [3.05, 3.63) is 36.1 Å². The number of amides is 2. The second-order valence-corrected chi connectivity index (χ2v) is 8.51. The number of rotatable bonds is 3. The molecular formula is C20H22N2O3. The van der Waals surface area contributed by atoms with Gasteiger partial charge in [-0.25, -0.2) is 0 Å². The van der Waals surface area contributed by atoms with Crippen molar-refractivity contribution in [3.8, 4) is 0 Å². The monoisotopic (exact) mass is 338 g/mol. The van der Waals surface area contributed by atoms with Gasteiger partial charge in [0.25, 0.3) is 5.91 Å². The van der Waals surface area contributed by atoms with Crippen molar-refractivity contribution in [2.75, 3.05) is 0 Å². The molecule has 0 aliphatic heterocycles. The van der Waals surface area contributed by atoms with Gasteiger partial charge in [-0.2, -0.15) is 0 Å². The third kappa shape index (κ3) is 2.21. The molecule has 2 atom stereocenters. The molecule has 4 bridgehead atoms. The lowest BCUT2D eigenvalue weighted by atomic mass is 9.46. The van der Waals surface area contributed by atoms with E-state index in [1.165, 1.54) is 6.42 Å². The van der Waals surface area contributed by atoms with Crippen LogP contribution in [0.2, 0.25) is 0 Å². The summed E-state index contributed by atoms with van der Waals surface area (Å²) in [7, 11) is 0. The maximum Gasteiger partial charge on any atom is 0.251 e. The van der Waals surface area contributed by atoms with Crippen LogP contribution in [0.1, 0.15) is 48.9 Å². The molecule has 0 radical (unpaired) electrons. The Balaban J connectivity index is 1.44. The fourth-order valence-corrected chi connectivity index (χ4v) is 6.12. The Hall–Kier alpha value is -2.30. The summed E-state index contributed by atoms with van der Waals surface area (Å²) in [6, 6.07) is 7.35. The summed E-state index contributed by atoms with van der Waals surface area (Å²) in [5.41, 5.74) is 6.51. The smallest absolute Gasteiger partial charge is 0.251 e. The Bertz CT molecular complexity index is 870. The van der Waals surface area contributed by atoms with Crippen LogP contribution in [-0.4, -0.2) is 17.4 Å². The van der Waals surface area contributed by atoms with Gasteiger partial charge in [0.2, 0.25) is 5.91 Å². The Labute approximate surface area is 145 Å². The number of fused-ring (bicyclic) bond motifs is 1. The Morgan fingerprint density at radius 2 is 1.88 bits per heavy atom. The average molecular weight is 338 g/mol. The van der Waals surface area contributed by atoms with E-state index < -0.39 is 5.41 Å². The van der Waals surface area contributed by atoms with E-state index >= 15 is 0 Å². The minimum atomic E-state index is -0.411. The van der Waals surface area contributed by atoms with Crippen LogP contribution in [0.15, 0.2) is 34.9 Å². The van der Waals surface area contributed by atoms with E-state index in [-0.39, 0.29) is 17.4 Å². The second-order valence-electron chi connectivity index (χ2n) is 8.51. The van der Waals surface area contributed by atoms with Crippen LogP contribution >= 0.6 is 0 Å². The lowest BCUT2D eigenvalue weighted by molar-refractivity contribution is -0.146. The minimum absolute atomic E-state index is 0.0651. The highest BCUT2D eigenvalue weighted by Gasteiger charge is 2.60. The first kappa shape index (κ1) is 15.0. The van der Waals surface area contributed by atoms with Crippen LogP contribution < -0.4 is 11.1 Å². The van der Waals surface area contributed by atoms with Crippen molar-refractivity contribution in [1.82, 2.24) is 5.32 Å². The van der Waals surface area contributed by atoms with Gasteiger partial charge in [0, 0.05) is 16.5 Å². The van der Waals surface area contributed by atoms with Crippen LogP contribution in [0.4, 0.5) is 0 Å². The quantitative estimate of drug-likeness (QED) is 0.902. The van der Waals surface area contributed by atoms with Crippen molar-refractivity contribution in [3.63, 3.8) is 0 Å². The number of furan rings is 1. The summed E-state index contributed by atoms with van der Waals surface area (Å²) in [6.45, 7) is 0. The van der Waals surface area contributed by atoms with Crippen molar-refractivity contribution >= 4 is 22.8 Å². The SMILES string of the molecule is NC(=O)C12CC3CC(CC(NC(=O)c4ccc5occc5c4)(C3)C1)C2. The van der Waals surface area contributed by atoms with Gasteiger partial charge in [0.1, 0.15) is 5.58 Å². The van der Waals surface area contributed by atoms with Crippen LogP contribution in [0, 0.1) is 17.3 Å². The average Bonchev–Trinajstić information content (AvgIpc) is 3.00. The number of carbonyl (C=O) groups excluding carboxylic acids is 2. The van der Waals surface area contributed by atoms with Gasteiger partial charge in [-0.05, 0) is 74.6 Å². The number of hydrogen-bond acceptors (Lipinski definition) is 3. The number of carbonyl (C=O) groups is 2. The van der Waals surface area contributed by atoms with Gasteiger partial charge in [0.05, 0.1) is 11.7 Å². The summed E-state index contributed by atoms with van der Waals surface area (Å²) in [5, 5.41) is 4.22. The molecule has 6 rings (SSSR count). The van der Waals surface area contributed by atoms with Gasteiger partial charge in [-0.1, -0.05) is 0 Å². The molecule has 0 spiro atoms. The second kappa shape index (κ2) is 4.87. The minimum Gasteiger partial charge on any atom is -0.464 e. The highest BCUT2D eigenvalue weighted by Crippen LogP contribution is 2.61. The first-order chi connectivity index (χ1) is 12.0. The summed E-state index contributed by atoms with van der Waals surface area (Å²) in [6.07, 6.45) is 7.24. The summed E-state index contributed by atoms with van der Waals surface area (Å²) >= 11 is 0. The molecule has 2 amide bonds. The van der Waals surface area contributed by atoms with Gasteiger partial charge in [-0.3, -0.25) is 9.59 Å². The first-order valence-electron chi connectivity index (χ1n) is 9.07. The van der Waals surface area contributed by atoms with Gasteiger partial charge in [0.15, 0.2) is 0 Å². The predicted octanol–water partition coefficient (Wildman–Crippen LogP) is 2.99. The van der Waals surface area contributed by atoms with Gasteiger partial charge >= 0.3 is 0 Å². The van der Waals surface area contributed by atoms with E-state index in [0.717, 1.165) is 36.7 Å². The van der Waals surface area contributed by atoms with Crippen molar-refractivity contribution in [2.45, 2.75) is 44.1 Å². The third-order valence-electron chi connectivity index (χ3n) is 6.68. The van der Waals surface area contributed by atoms with Crippen LogP contribution in [-0.2, 0) is 4.79 Å². The predicted molar refractivity (Wildman–Crippen MR) is 92.7 cm³/mol. The molecule has 4 aliphatic carbocycles. The molecule has 5 heteroatoms. The topological polar surface area (TPSA) is 85.3 Å². The Morgan fingerprint density at radius 3 is 2.60 bits per heavy atom. The van der Waals surface area contributed by atoms with Gasteiger partial charge < -0.3 is 15.5 Å². The first-order valence-corrected chi connectivity index (χ1v) is 9.07. The summed E-state index contributed by atoms with van der Waals surface area (Å²) < 4.78 is 5.34. The maximum atomic E-state index is 12.9. The maximum absolute atomic E-state index is 12.9. The van der Waals surface area contributed by atoms with Crippen molar-refractivity contribution in [2.24, 2.45) is 23.0 Å². The zero-order chi connectivity index (χ0) is 17.2. The molecule has 130 valence electrons. The third-order valence-corrected chi connectivity index (χ3v) is 6.68. The fraction of sp³-hybridized carbons (Fsp3) is 0.500. The van der Waals surface area contributed by atoms with E-state index in [9.17, 15) is 9.59 Å². The zero-order valence-electron chi connectivity index (χ0n) is 14.1. The van der Waals surface area contributed by atoms with Gasteiger partial charge in [-0.15, -0.1) is 0 Å². The molecule has 4 fully saturated rings. The number of benzene rings is 1. The summed E-state index contributed by atoms with van der Waals surface area (Å²) in [4.78, 5) is 25.1. The number of primary amides is 1. The van der Waals surface area contributed by atoms with E-state index in [0.29, 0.717) is 23.8 Å². The lowest BCUT2D eigenvalue weighted by Crippen LogP contribution is -2.65. The normalized spacial score (nSPS) is 35.8. The fourth-order valence-electron chi connectivity index (χ4n) is 6.12. The standard InChI is InChI=1S/C20H22N2O3/c21-18(24)19-7-12-5-13(8-19)10-20(9-12,11-19)22-17(23)15-1-2-16-14(6-15)3-4-25-16/h1-4,6,12-13H,5,7-11H2,(H2,21,24)(H,22,23). The highest BCUT2D eigenvalue weighted by molar-refractivity contribution is 5.98. The van der Waals surface area contributed by atoms with E-state index in [1.54, 1.807) is 12.3 Å². The van der Waals surface area contributed by atoms with Crippen LogP contribution in [0.5, 0.6) is 0 Å². The zero-order valence-corrected chi connectivity index (χ0v) is 14.1. The molecule has 3 N–H and O–H groups in total.